The van der Waals surface area contributed by atoms with Gasteiger partial charge in [0, 0.05) is 29.9 Å². The number of nitrogens with one attached hydrogen (secondary N) is 1. The van der Waals surface area contributed by atoms with Crippen LogP contribution in [0.15, 0.2) is 36.4 Å². The summed E-state index contributed by atoms with van der Waals surface area (Å²) >= 11 is 1.46. The summed E-state index contributed by atoms with van der Waals surface area (Å²) in [7, 11) is 0. The van der Waals surface area contributed by atoms with Crippen LogP contribution in [-0.2, 0) is 10.2 Å². The first-order chi connectivity index (χ1) is 13.5. The summed E-state index contributed by atoms with van der Waals surface area (Å²) in [6.07, 6.45) is 1.31. The third-order valence-electron chi connectivity index (χ3n) is 6.08. The van der Waals surface area contributed by atoms with Gasteiger partial charge in [0.05, 0.1) is 10.3 Å². The molecule has 1 spiro atoms. The van der Waals surface area contributed by atoms with E-state index in [1.807, 2.05) is 48.2 Å². The van der Waals surface area contributed by atoms with Gasteiger partial charge in [0.1, 0.15) is 4.83 Å². The molecule has 0 unspecified atom stereocenters. The molecule has 28 heavy (non-hydrogen) atoms. The van der Waals surface area contributed by atoms with Crippen LogP contribution < -0.4 is 5.32 Å². The molecule has 1 N–H and O–H groups in total. The maximum Gasteiger partial charge on any atom is 0.264 e. The average molecular weight is 391 g/mol. The molecule has 5 rings (SSSR count). The van der Waals surface area contributed by atoms with Crippen molar-refractivity contribution >= 4 is 39.1 Å². The Bertz CT molecular complexity index is 1130. The second-order valence-electron chi connectivity index (χ2n) is 7.78. The maximum absolute atomic E-state index is 13.1. The second-order valence-corrected chi connectivity index (χ2v) is 8.81. The van der Waals surface area contributed by atoms with Crippen molar-refractivity contribution in [1.82, 2.24) is 9.88 Å². The topological polar surface area (TPSA) is 62.3 Å². The molecule has 0 bridgehead atoms. The number of carbonyl (C=O) groups is 2. The van der Waals surface area contributed by atoms with Crippen molar-refractivity contribution < 1.29 is 9.59 Å². The number of para-hydroxylation sites is 1. The van der Waals surface area contributed by atoms with Crippen molar-refractivity contribution in [2.24, 2.45) is 0 Å². The molecule has 0 radical (unpaired) electrons. The lowest BCUT2D eigenvalue weighted by molar-refractivity contribution is -0.122. The Kier molecular flexibility index (Phi) is 3.81. The van der Waals surface area contributed by atoms with Gasteiger partial charge in [0.2, 0.25) is 5.91 Å². The van der Waals surface area contributed by atoms with E-state index in [0.29, 0.717) is 25.9 Å². The molecule has 1 saturated heterocycles. The molecule has 2 aliphatic rings. The zero-order valence-electron chi connectivity index (χ0n) is 15.9. The molecular formula is C22H21N3O2S. The number of likely N-dealkylation sites (tertiary alicyclic amines) is 1. The number of aryl methyl sites for hydroxylation is 2. The standard InChI is InChI=1S/C22H21N3O2S/c1-13-11-14(2)23-19-15(13)12-18(28-19)20(26)25-9-7-22(8-10-25)16-5-3-4-6-17(16)24-21(22)27/h3-6,11-12H,7-10H2,1-2H3,(H,24,27). The number of aromatic nitrogens is 1. The number of piperidine rings is 1. The number of carbonyl (C=O) groups excluding carboxylic acids is 2. The predicted octanol–water partition coefficient (Wildman–Crippen LogP) is 4.04. The predicted molar refractivity (Wildman–Crippen MR) is 111 cm³/mol. The highest BCUT2D eigenvalue weighted by atomic mass is 32.1. The summed E-state index contributed by atoms with van der Waals surface area (Å²) < 4.78 is 0. The van der Waals surface area contributed by atoms with Crippen molar-refractivity contribution in [3.05, 3.63) is 58.1 Å². The van der Waals surface area contributed by atoms with E-state index in [9.17, 15) is 9.59 Å². The molecule has 4 heterocycles. The highest BCUT2D eigenvalue weighted by molar-refractivity contribution is 7.20. The van der Waals surface area contributed by atoms with E-state index in [1.165, 1.54) is 11.3 Å². The number of rotatable bonds is 1. The summed E-state index contributed by atoms with van der Waals surface area (Å²) in [6.45, 7) is 5.20. The van der Waals surface area contributed by atoms with Gasteiger partial charge in [0.25, 0.3) is 5.91 Å². The largest absolute Gasteiger partial charge is 0.338 e. The summed E-state index contributed by atoms with van der Waals surface area (Å²) in [5.41, 5.74) is 3.60. The highest BCUT2D eigenvalue weighted by Gasteiger charge is 2.48. The van der Waals surface area contributed by atoms with Crippen molar-refractivity contribution in [3.8, 4) is 0 Å². The number of amides is 2. The summed E-state index contributed by atoms with van der Waals surface area (Å²) in [5.74, 6) is 0.111. The Hall–Kier alpha value is -2.73. The fourth-order valence-corrected chi connectivity index (χ4v) is 5.67. The van der Waals surface area contributed by atoms with Crippen LogP contribution in [0.25, 0.3) is 10.2 Å². The Morgan fingerprint density at radius 3 is 2.71 bits per heavy atom. The lowest BCUT2D eigenvalue weighted by Gasteiger charge is -2.37. The first-order valence-electron chi connectivity index (χ1n) is 9.56. The minimum absolute atomic E-state index is 0.0431. The van der Waals surface area contributed by atoms with Gasteiger partial charge in [-0.1, -0.05) is 18.2 Å². The third kappa shape index (κ3) is 2.48. The van der Waals surface area contributed by atoms with Crippen LogP contribution in [0.1, 0.15) is 39.3 Å². The molecule has 1 aromatic carbocycles. The van der Waals surface area contributed by atoms with Gasteiger partial charge in [-0.2, -0.15) is 0 Å². The smallest absolute Gasteiger partial charge is 0.264 e. The summed E-state index contributed by atoms with van der Waals surface area (Å²) in [5, 5.41) is 4.07. The normalized spacial score (nSPS) is 17.8. The number of nitrogens with zero attached hydrogens (tertiary/aromatic N) is 2. The van der Waals surface area contributed by atoms with E-state index >= 15 is 0 Å². The van der Waals surface area contributed by atoms with Gasteiger partial charge in [-0.25, -0.2) is 4.98 Å². The van der Waals surface area contributed by atoms with Gasteiger partial charge in [-0.05, 0) is 56.0 Å². The zero-order chi connectivity index (χ0) is 19.5. The summed E-state index contributed by atoms with van der Waals surface area (Å²) in [6, 6.07) is 11.9. The number of fused-ring (bicyclic) bond motifs is 3. The minimum Gasteiger partial charge on any atom is -0.338 e. The molecule has 6 heteroatoms. The number of hydrogen-bond acceptors (Lipinski definition) is 4. The quantitative estimate of drug-likeness (QED) is 0.681. The Morgan fingerprint density at radius 1 is 1.18 bits per heavy atom. The molecule has 2 aliphatic heterocycles. The van der Waals surface area contributed by atoms with E-state index in [-0.39, 0.29) is 11.8 Å². The van der Waals surface area contributed by atoms with Crippen molar-refractivity contribution in [1.29, 1.82) is 0 Å². The van der Waals surface area contributed by atoms with Gasteiger partial charge in [-0.15, -0.1) is 11.3 Å². The molecule has 142 valence electrons. The van der Waals surface area contributed by atoms with E-state index < -0.39 is 5.41 Å². The summed E-state index contributed by atoms with van der Waals surface area (Å²) in [4.78, 5) is 33.9. The molecule has 0 atom stereocenters. The minimum atomic E-state index is -0.497. The fraction of sp³-hybridized carbons (Fsp3) is 0.318. The molecule has 5 nitrogen and oxygen atoms in total. The molecule has 2 amide bonds. The maximum atomic E-state index is 13.1. The van der Waals surface area contributed by atoms with Gasteiger partial charge < -0.3 is 10.2 Å². The SMILES string of the molecule is Cc1cc(C)c2cc(C(=O)N3CCC4(CC3)C(=O)Nc3ccccc34)sc2n1. The molecular weight excluding hydrogens is 370 g/mol. The lowest BCUT2D eigenvalue weighted by atomic mass is 9.73. The first-order valence-corrected chi connectivity index (χ1v) is 10.4. The van der Waals surface area contributed by atoms with Crippen LogP contribution in [0, 0.1) is 13.8 Å². The van der Waals surface area contributed by atoms with E-state index in [2.05, 4.69) is 17.2 Å². The van der Waals surface area contributed by atoms with Crippen LogP contribution in [-0.4, -0.2) is 34.8 Å². The van der Waals surface area contributed by atoms with Crippen LogP contribution in [0.2, 0.25) is 0 Å². The van der Waals surface area contributed by atoms with Crippen molar-refractivity contribution in [3.63, 3.8) is 0 Å². The molecule has 0 aliphatic carbocycles. The Labute approximate surface area is 167 Å². The molecule has 3 aromatic rings. The van der Waals surface area contributed by atoms with Crippen LogP contribution in [0.4, 0.5) is 5.69 Å². The lowest BCUT2D eigenvalue weighted by Crippen LogP contribution is -2.48. The third-order valence-corrected chi connectivity index (χ3v) is 7.10. The van der Waals surface area contributed by atoms with Crippen molar-refractivity contribution in [2.75, 3.05) is 18.4 Å². The molecule has 0 saturated carbocycles. The van der Waals surface area contributed by atoms with Crippen LogP contribution in [0.3, 0.4) is 0 Å². The molecule has 1 fully saturated rings. The first kappa shape index (κ1) is 17.4. The Morgan fingerprint density at radius 2 is 1.93 bits per heavy atom. The van der Waals surface area contributed by atoms with E-state index in [1.54, 1.807) is 0 Å². The van der Waals surface area contributed by atoms with Gasteiger partial charge >= 0.3 is 0 Å². The van der Waals surface area contributed by atoms with Crippen LogP contribution >= 0.6 is 11.3 Å². The average Bonchev–Trinajstić information content (AvgIpc) is 3.22. The number of pyridine rings is 1. The molecule has 2 aromatic heterocycles. The van der Waals surface area contributed by atoms with Crippen molar-refractivity contribution in [2.45, 2.75) is 32.1 Å². The number of benzene rings is 1. The Balaban J connectivity index is 1.40. The number of hydrogen-bond donors (Lipinski definition) is 1. The zero-order valence-corrected chi connectivity index (χ0v) is 16.7. The monoisotopic (exact) mass is 391 g/mol. The van der Waals surface area contributed by atoms with E-state index in [0.717, 1.165) is 37.6 Å². The second kappa shape index (κ2) is 6.14. The highest BCUT2D eigenvalue weighted by Crippen LogP contribution is 2.45. The number of anilines is 1. The van der Waals surface area contributed by atoms with E-state index in [4.69, 9.17) is 0 Å². The van der Waals surface area contributed by atoms with Gasteiger partial charge in [-0.3, -0.25) is 9.59 Å². The number of thiophene rings is 1. The fourth-order valence-electron chi connectivity index (χ4n) is 4.55. The van der Waals surface area contributed by atoms with Gasteiger partial charge in [0.15, 0.2) is 0 Å². The van der Waals surface area contributed by atoms with Crippen LogP contribution in [0.5, 0.6) is 0 Å².